The highest BCUT2D eigenvalue weighted by Crippen LogP contribution is 2.30. The molecule has 0 unspecified atom stereocenters. The molecular formula is C28H29F2N5O3S. The predicted octanol–water partition coefficient (Wildman–Crippen LogP) is 4.64. The van der Waals surface area contributed by atoms with Gasteiger partial charge in [0.05, 0.1) is 17.0 Å². The third-order valence-corrected chi connectivity index (χ3v) is 8.38. The topological polar surface area (TPSA) is 98.4 Å². The average molecular weight is 554 g/mol. The number of likely N-dealkylation sites (N-methyl/N-ethyl adjacent to an activating group) is 1. The van der Waals surface area contributed by atoms with Gasteiger partial charge in [0.1, 0.15) is 11.5 Å². The molecule has 1 fully saturated rings. The molecule has 1 aliphatic heterocycles. The molecule has 2 N–H and O–H groups in total. The minimum atomic E-state index is -3.85. The van der Waals surface area contributed by atoms with Crippen molar-refractivity contribution >= 4 is 38.2 Å². The van der Waals surface area contributed by atoms with Gasteiger partial charge in [-0.15, -0.1) is 0 Å². The molecule has 204 valence electrons. The van der Waals surface area contributed by atoms with Crippen LogP contribution in [0.25, 0.3) is 22.2 Å². The van der Waals surface area contributed by atoms with E-state index in [1.54, 1.807) is 19.2 Å². The van der Waals surface area contributed by atoms with Gasteiger partial charge in [0.2, 0.25) is 15.8 Å². The van der Waals surface area contributed by atoms with E-state index in [-0.39, 0.29) is 11.3 Å². The van der Waals surface area contributed by atoms with Crippen LogP contribution in [0.5, 0.6) is 0 Å². The first kappa shape index (κ1) is 26.8. The fourth-order valence-electron chi connectivity index (χ4n) is 4.74. The molecule has 11 heteroatoms. The Balaban J connectivity index is 1.46. The number of H-pyrrole nitrogens is 1. The van der Waals surface area contributed by atoms with Crippen LogP contribution in [0, 0.1) is 11.6 Å². The molecule has 3 heterocycles. The van der Waals surface area contributed by atoms with Gasteiger partial charge in [0.25, 0.3) is 0 Å². The Bertz CT molecular complexity index is 1630. The van der Waals surface area contributed by atoms with E-state index in [0.717, 1.165) is 55.1 Å². The Labute approximate surface area is 225 Å². The quantitative estimate of drug-likeness (QED) is 0.309. The zero-order valence-electron chi connectivity index (χ0n) is 21.7. The number of aromatic amines is 1. The lowest BCUT2D eigenvalue weighted by atomic mass is 9.99. The minimum Gasteiger partial charge on any atom is -0.369 e. The smallest absolute Gasteiger partial charge is 0.232 e. The fraction of sp³-hybridized carbons (Fsp3) is 0.286. The van der Waals surface area contributed by atoms with Crippen LogP contribution >= 0.6 is 0 Å². The van der Waals surface area contributed by atoms with Gasteiger partial charge in [-0.3, -0.25) is 9.52 Å². The van der Waals surface area contributed by atoms with Gasteiger partial charge in [0.15, 0.2) is 5.82 Å². The second-order valence-corrected chi connectivity index (χ2v) is 11.5. The summed E-state index contributed by atoms with van der Waals surface area (Å²) in [4.78, 5) is 25.3. The minimum absolute atomic E-state index is 0.0276. The summed E-state index contributed by atoms with van der Waals surface area (Å²) in [6, 6.07) is 11.6. The predicted molar refractivity (Wildman–Crippen MR) is 149 cm³/mol. The molecule has 5 rings (SSSR count). The first-order valence-electron chi connectivity index (χ1n) is 12.7. The normalized spacial score (nSPS) is 14.6. The van der Waals surface area contributed by atoms with Crippen LogP contribution in [0.1, 0.15) is 29.3 Å². The van der Waals surface area contributed by atoms with E-state index in [2.05, 4.69) is 31.5 Å². The summed E-state index contributed by atoms with van der Waals surface area (Å²) in [6.45, 7) is 5.57. The molecule has 1 aliphatic rings. The van der Waals surface area contributed by atoms with E-state index >= 15 is 4.39 Å². The lowest BCUT2D eigenvalue weighted by Gasteiger charge is -2.34. The van der Waals surface area contributed by atoms with E-state index in [4.69, 9.17) is 0 Å². The summed E-state index contributed by atoms with van der Waals surface area (Å²) < 4.78 is 56.4. The van der Waals surface area contributed by atoms with Gasteiger partial charge in [-0.2, -0.15) is 0 Å². The molecule has 2 aromatic carbocycles. The van der Waals surface area contributed by atoms with E-state index < -0.39 is 38.7 Å². The monoisotopic (exact) mass is 553 g/mol. The SMILES string of the molecule is CCCS(=O)(=O)Nc1ccc(F)c(C(=O)c2c[nH]c3ncc(-c4ccc(N5CCN(C)CC5)cc4)cc23)c1F. The molecule has 8 nitrogen and oxygen atoms in total. The Morgan fingerprint density at radius 2 is 1.77 bits per heavy atom. The summed E-state index contributed by atoms with van der Waals surface area (Å²) in [7, 11) is -1.74. The number of nitrogens with zero attached hydrogens (tertiary/aromatic N) is 3. The standard InChI is InChI=1S/C28H29F2N5O3S/c1-3-14-39(37,38)33-24-9-8-23(29)25(26(24)30)27(36)22-17-32-28-21(22)15-19(16-31-28)18-4-6-20(7-5-18)35-12-10-34(2)11-13-35/h4-9,15-17,33H,3,10-14H2,1-2H3,(H,31,32). The molecule has 0 amide bonds. The molecule has 0 radical (unpaired) electrons. The van der Waals surface area contributed by atoms with E-state index in [1.807, 2.05) is 24.3 Å². The molecule has 2 aromatic heterocycles. The number of rotatable bonds is 8. The van der Waals surface area contributed by atoms with Crippen molar-refractivity contribution in [2.75, 3.05) is 48.6 Å². The highest BCUT2D eigenvalue weighted by molar-refractivity contribution is 7.92. The van der Waals surface area contributed by atoms with Crippen molar-refractivity contribution in [3.8, 4) is 11.1 Å². The van der Waals surface area contributed by atoms with Crippen molar-refractivity contribution in [3.05, 3.63) is 77.6 Å². The number of nitrogens with one attached hydrogen (secondary N) is 2. The summed E-state index contributed by atoms with van der Waals surface area (Å²) >= 11 is 0. The number of ketones is 1. The van der Waals surface area contributed by atoms with Gasteiger partial charge in [-0.05, 0) is 49.4 Å². The highest BCUT2D eigenvalue weighted by atomic mass is 32.2. The number of aromatic nitrogens is 2. The number of sulfonamides is 1. The number of carbonyl (C=O) groups excluding carboxylic acids is 1. The van der Waals surface area contributed by atoms with Gasteiger partial charge in [0, 0.05) is 60.8 Å². The van der Waals surface area contributed by atoms with Crippen molar-refractivity contribution < 1.29 is 22.0 Å². The Hall–Kier alpha value is -3.83. The van der Waals surface area contributed by atoms with Gasteiger partial charge < -0.3 is 14.8 Å². The maximum absolute atomic E-state index is 15.3. The number of piperazine rings is 1. The maximum Gasteiger partial charge on any atom is 0.232 e. The van der Waals surface area contributed by atoms with Crippen LogP contribution in [0.3, 0.4) is 0 Å². The van der Waals surface area contributed by atoms with Gasteiger partial charge >= 0.3 is 0 Å². The van der Waals surface area contributed by atoms with E-state index in [1.165, 1.54) is 6.20 Å². The van der Waals surface area contributed by atoms with E-state index in [9.17, 15) is 17.6 Å². The summed E-state index contributed by atoms with van der Waals surface area (Å²) in [5, 5.41) is 0.399. The molecule has 0 atom stereocenters. The number of fused-ring (bicyclic) bond motifs is 1. The van der Waals surface area contributed by atoms with Crippen LogP contribution in [0.2, 0.25) is 0 Å². The lowest BCUT2D eigenvalue weighted by molar-refractivity contribution is 0.103. The number of carbonyl (C=O) groups is 1. The molecule has 39 heavy (non-hydrogen) atoms. The molecular weight excluding hydrogens is 524 g/mol. The van der Waals surface area contributed by atoms with Crippen LogP contribution < -0.4 is 9.62 Å². The average Bonchev–Trinajstić information content (AvgIpc) is 3.34. The third-order valence-electron chi connectivity index (χ3n) is 6.90. The van der Waals surface area contributed by atoms with Crippen molar-refractivity contribution in [2.24, 2.45) is 0 Å². The molecule has 0 saturated carbocycles. The first-order chi connectivity index (χ1) is 18.7. The molecule has 1 saturated heterocycles. The second kappa shape index (κ2) is 10.7. The van der Waals surface area contributed by atoms with Gasteiger partial charge in [-0.25, -0.2) is 22.2 Å². The van der Waals surface area contributed by atoms with Crippen LogP contribution in [-0.2, 0) is 10.0 Å². The number of hydrogen-bond acceptors (Lipinski definition) is 6. The largest absolute Gasteiger partial charge is 0.369 e. The van der Waals surface area contributed by atoms with Crippen LogP contribution in [0.4, 0.5) is 20.2 Å². The number of hydrogen-bond donors (Lipinski definition) is 2. The Morgan fingerprint density at radius 3 is 2.46 bits per heavy atom. The Kier molecular flexibility index (Phi) is 7.37. The van der Waals surface area contributed by atoms with Crippen molar-refractivity contribution in [1.82, 2.24) is 14.9 Å². The van der Waals surface area contributed by atoms with E-state index in [0.29, 0.717) is 17.5 Å². The lowest BCUT2D eigenvalue weighted by Crippen LogP contribution is -2.44. The number of anilines is 2. The van der Waals surface area contributed by atoms with Crippen molar-refractivity contribution in [3.63, 3.8) is 0 Å². The van der Waals surface area contributed by atoms with Gasteiger partial charge in [-0.1, -0.05) is 19.1 Å². The summed E-state index contributed by atoms with van der Waals surface area (Å²) in [5.41, 5.74) is 1.84. The fourth-order valence-corrected chi connectivity index (χ4v) is 5.87. The second-order valence-electron chi connectivity index (χ2n) is 9.69. The number of benzene rings is 2. The summed E-state index contributed by atoms with van der Waals surface area (Å²) in [6.07, 6.45) is 3.34. The zero-order valence-corrected chi connectivity index (χ0v) is 22.5. The maximum atomic E-state index is 15.3. The molecule has 4 aromatic rings. The van der Waals surface area contributed by atoms with Crippen molar-refractivity contribution in [1.29, 1.82) is 0 Å². The number of pyridine rings is 1. The summed E-state index contributed by atoms with van der Waals surface area (Å²) in [5.74, 6) is -3.51. The highest BCUT2D eigenvalue weighted by Gasteiger charge is 2.26. The zero-order chi connectivity index (χ0) is 27.7. The molecule has 0 bridgehead atoms. The van der Waals surface area contributed by atoms with Crippen LogP contribution in [-0.4, -0.2) is 68.0 Å². The number of halogens is 2. The first-order valence-corrected chi connectivity index (χ1v) is 14.4. The van der Waals surface area contributed by atoms with Crippen LogP contribution in [0.15, 0.2) is 54.9 Å². The molecule has 0 aliphatic carbocycles. The molecule has 0 spiro atoms. The van der Waals surface area contributed by atoms with Crippen molar-refractivity contribution in [2.45, 2.75) is 13.3 Å². The Morgan fingerprint density at radius 1 is 1.05 bits per heavy atom. The third kappa shape index (κ3) is 5.50.